The van der Waals surface area contributed by atoms with Crippen LogP contribution in [-0.2, 0) is 23.7 Å². The van der Waals surface area contributed by atoms with Gasteiger partial charge in [-0.15, -0.1) is 0 Å². The summed E-state index contributed by atoms with van der Waals surface area (Å²) in [6.07, 6.45) is 86.6. The number of unbranched alkanes of at least 4 members (excludes halogenated alkanes) is 36. The minimum Gasteiger partial charge on any atom is -0.394 e. The topological polar surface area (TPSA) is 228 Å². The van der Waals surface area contributed by atoms with Crippen molar-refractivity contribution in [1.82, 2.24) is 5.32 Å². The van der Waals surface area contributed by atoms with Crippen molar-refractivity contribution >= 4 is 5.91 Å². The van der Waals surface area contributed by atoms with Gasteiger partial charge in [0.05, 0.1) is 32.0 Å². The predicted molar refractivity (Wildman–Crippen MR) is 424 cm³/mol. The van der Waals surface area contributed by atoms with Gasteiger partial charge in [0.1, 0.15) is 48.8 Å². The lowest BCUT2D eigenvalue weighted by Crippen LogP contribution is -2.65. The summed E-state index contributed by atoms with van der Waals surface area (Å²) in [4.78, 5) is 13.4. The number of aliphatic hydroxyl groups excluding tert-OH is 8. The molecule has 0 aromatic rings. The zero-order chi connectivity index (χ0) is 73.7. The van der Waals surface area contributed by atoms with E-state index in [1.54, 1.807) is 0 Å². The van der Waals surface area contributed by atoms with Crippen molar-refractivity contribution in [3.05, 3.63) is 122 Å². The molecule has 0 spiro atoms. The zero-order valence-electron chi connectivity index (χ0n) is 64.6. The molecule has 0 radical (unpaired) electrons. The summed E-state index contributed by atoms with van der Waals surface area (Å²) >= 11 is 0. The van der Waals surface area contributed by atoms with Crippen molar-refractivity contribution in [2.24, 2.45) is 0 Å². The Hall–Kier alpha value is -3.61. The maximum Gasteiger partial charge on any atom is 0.220 e. The summed E-state index contributed by atoms with van der Waals surface area (Å²) < 4.78 is 23.0. The summed E-state index contributed by atoms with van der Waals surface area (Å²) in [5.41, 5.74) is 0. The molecule has 0 aliphatic carbocycles. The van der Waals surface area contributed by atoms with Gasteiger partial charge in [-0.3, -0.25) is 4.79 Å². The van der Waals surface area contributed by atoms with Gasteiger partial charge in [0.2, 0.25) is 5.91 Å². The van der Waals surface area contributed by atoms with E-state index in [2.05, 4.69) is 141 Å². The van der Waals surface area contributed by atoms with Gasteiger partial charge >= 0.3 is 0 Å². The normalized spacial score (nSPS) is 22.3. The molecule has 2 fully saturated rings. The van der Waals surface area contributed by atoms with E-state index in [1.165, 1.54) is 180 Å². The van der Waals surface area contributed by atoms with Crippen LogP contribution in [0.15, 0.2) is 122 Å². The minimum absolute atomic E-state index is 0.215. The van der Waals surface area contributed by atoms with Gasteiger partial charge in [-0.2, -0.15) is 0 Å². The van der Waals surface area contributed by atoms with Crippen LogP contribution in [0.5, 0.6) is 0 Å². The second kappa shape index (κ2) is 70.4. The Balaban J connectivity index is 1.61. The third-order valence-corrected chi connectivity index (χ3v) is 19.7. The molecule has 12 unspecified atom stereocenters. The molecular weight excluding hydrogens is 1280 g/mol. The van der Waals surface area contributed by atoms with E-state index >= 15 is 0 Å². The number of carbonyl (C=O) groups excluding carboxylic acids is 1. The van der Waals surface area contributed by atoms with E-state index in [0.717, 1.165) is 122 Å². The Morgan fingerprint density at radius 1 is 0.363 bits per heavy atom. The van der Waals surface area contributed by atoms with Crippen molar-refractivity contribution in [1.29, 1.82) is 0 Å². The molecule has 14 nitrogen and oxygen atoms in total. The molecule has 2 aliphatic rings. The van der Waals surface area contributed by atoms with E-state index in [-0.39, 0.29) is 18.9 Å². The number of carbonyl (C=O) groups is 1. The molecule has 0 bridgehead atoms. The van der Waals surface area contributed by atoms with Crippen LogP contribution in [0.3, 0.4) is 0 Å². The van der Waals surface area contributed by atoms with Gasteiger partial charge in [0.15, 0.2) is 12.6 Å². The quantitative estimate of drug-likeness (QED) is 0.0204. The van der Waals surface area contributed by atoms with E-state index in [4.69, 9.17) is 18.9 Å². The molecule has 14 heteroatoms. The number of ether oxygens (including phenoxy) is 4. The smallest absolute Gasteiger partial charge is 0.220 e. The Kier molecular flexibility index (Phi) is 65.2. The Morgan fingerprint density at radius 2 is 0.676 bits per heavy atom. The first-order chi connectivity index (χ1) is 50.1. The van der Waals surface area contributed by atoms with Crippen molar-refractivity contribution in [2.45, 2.75) is 408 Å². The summed E-state index contributed by atoms with van der Waals surface area (Å²) in [6, 6.07) is -0.844. The highest BCUT2D eigenvalue weighted by atomic mass is 16.7. The maximum atomic E-state index is 13.4. The summed E-state index contributed by atoms with van der Waals surface area (Å²) in [5, 5.41) is 87.9. The van der Waals surface area contributed by atoms with Gasteiger partial charge < -0.3 is 65.1 Å². The molecule has 1 amide bonds. The molecule has 588 valence electrons. The lowest BCUT2D eigenvalue weighted by Gasteiger charge is -2.46. The average Bonchev–Trinajstić information content (AvgIpc) is 0.790. The van der Waals surface area contributed by atoms with Crippen LogP contribution in [-0.4, -0.2) is 140 Å². The van der Waals surface area contributed by atoms with Crippen molar-refractivity contribution in [3.63, 3.8) is 0 Å². The van der Waals surface area contributed by atoms with Crippen LogP contribution in [0.4, 0.5) is 0 Å². The summed E-state index contributed by atoms with van der Waals surface area (Å²) in [6.45, 7) is 2.78. The number of amides is 1. The zero-order valence-corrected chi connectivity index (χ0v) is 64.6. The summed E-state index contributed by atoms with van der Waals surface area (Å²) in [5.74, 6) is -0.215. The molecule has 0 saturated carbocycles. The number of hydrogen-bond acceptors (Lipinski definition) is 13. The third-order valence-electron chi connectivity index (χ3n) is 19.7. The molecule has 2 rings (SSSR count). The van der Waals surface area contributed by atoms with E-state index < -0.39 is 86.8 Å². The van der Waals surface area contributed by atoms with Crippen molar-refractivity contribution < 1.29 is 64.6 Å². The van der Waals surface area contributed by atoms with Gasteiger partial charge in [0, 0.05) is 6.42 Å². The van der Waals surface area contributed by atoms with Crippen LogP contribution in [0, 0.1) is 0 Å². The number of rotatable bonds is 69. The number of nitrogens with one attached hydrogen (secondary N) is 1. The van der Waals surface area contributed by atoms with Crippen molar-refractivity contribution in [3.8, 4) is 0 Å². The SMILES string of the molecule is CC/C=C\C/C=C\C/C=C\C/C=C\C/C=C\C/C=C\C/C=C\C/C=C\C/C=C\C/C=C\CCCCCCCCCCC(=O)NC(COC1OC(CO)C(OC2OC(CO)C(O)C(O)C2O)C(O)C1O)C(O)CCCCCCCCCCCCCCCCCCCCCCCCCCCCCCC. The molecule has 0 aromatic heterocycles. The molecule has 12 atom stereocenters. The Labute approximate surface area is 622 Å². The van der Waals surface area contributed by atoms with E-state index in [0.29, 0.717) is 12.8 Å². The first-order valence-corrected chi connectivity index (χ1v) is 41.8. The molecular formula is C88H153NO13. The lowest BCUT2D eigenvalue weighted by atomic mass is 9.97. The first-order valence-electron chi connectivity index (χ1n) is 41.8. The highest BCUT2D eigenvalue weighted by molar-refractivity contribution is 5.76. The minimum atomic E-state index is -1.79. The molecule has 102 heavy (non-hydrogen) atoms. The van der Waals surface area contributed by atoms with Crippen LogP contribution in [0.1, 0.15) is 335 Å². The second-order valence-electron chi connectivity index (χ2n) is 28.9. The van der Waals surface area contributed by atoms with Crippen LogP contribution >= 0.6 is 0 Å². The van der Waals surface area contributed by atoms with Crippen LogP contribution in [0.2, 0.25) is 0 Å². The standard InChI is InChI=1S/C88H153NO13/c1-3-5-7-9-11-13-15-17-19-21-23-25-27-29-31-33-34-35-36-37-38-39-40-41-42-44-46-48-50-52-54-56-58-60-62-64-66-68-70-72-80(93)89-76(75-99-87-85(98)83(96)86(79(74-91)101-87)102-88-84(97)82(95)81(94)78(73-90)100-88)77(92)71-69-67-65-63-61-59-57-55-53-51-49-47-45-43-32-30-28-26-24-22-20-18-16-14-12-10-8-6-4-2/h5,7,11,13,17,19,23,25,29,31,34-35,37-38,40-41,44,46,50,52,76-79,81-88,90-92,94-98H,3-4,6,8-10,12,14-16,18,20-22,24,26-28,30,32-33,36,39,42-43,45,47-49,51,53-75H2,1-2H3,(H,89,93)/b7-5-,13-11-,19-17-,25-23-,31-29-,35-34-,38-37-,41-40-,46-44-,52-50-. The Morgan fingerprint density at radius 3 is 1.04 bits per heavy atom. The van der Waals surface area contributed by atoms with Gasteiger partial charge in [-0.25, -0.2) is 0 Å². The average molecular weight is 1430 g/mol. The fourth-order valence-electron chi connectivity index (χ4n) is 13.2. The second-order valence-corrected chi connectivity index (χ2v) is 28.9. The molecule has 0 aromatic carbocycles. The highest BCUT2D eigenvalue weighted by Crippen LogP contribution is 2.30. The summed E-state index contributed by atoms with van der Waals surface area (Å²) in [7, 11) is 0. The third kappa shape index (κ3) is 52.4. The molecule has 2 heterocycles. The van der Waals surface area contributed by atoms with E-state index in [9.17, 15) is 45.6 Å². The van der Waals surface area contributed by atoms with Gasteiger partial charge in [-0.1, -0.05) is 360 Å². The lowest BCUT2D eigenvalue weighted by molar-refractivity contribution is -0.359. The fourth-order valence-corrected chi connectivity index (χ4v) is 13.2. The predicted octanol–water partition coefficient (Wildman–Crippen LogP) is 19.6. The maximum absolute atomic E-state index is 13.4. The highest BCUT2D eigenvalue weighted by Gasteiger charge is 2.51. The molecule has 9 N–H and O–H groups in total. The largest absolute Gasteiger partial charge is 0.394 e. The van der Waals surface area contributed by atoms with Gasteiger partial charge in [0.25, 0.3) is 0 Å². The van der Waals surface area contributed by atoms with Crippen LogP contribution in [0.25, 0.3) is 0 Å². The van der Waals surface area contributed by atoms with Crippen molar-refractivity contribution in [2.75, 3.05) is 19.8 Å². The number of allylic oxidation sites excluding steroid dienone is 20. The fraction of sp³-hybridized carbons (Fsp3) is 0.761. The Bertz CT molecular complexity index is 2180. The number of aliphatic hydroxyl groups is 8. The molecule has 2 saturated heterocycles. The van der Waals surface area contributed by atoms with Crippen LogP contribution < -0.4 is 5.32 Å². The number of hydrogen-bond donors (Lipinski definition) is 9. The first kappa shape index (κ1) is 94.5. The monoisotopic (exact) mass is 1430 g/mol. The van der Waals surface area contributed by atoms with E-state index in [1.807, 2.05) is 0 Å². The van der Waals surface area contributed by atoms with Gasteiger partial charge in [-0.05, 0) is 89.9 Å². The molecule has 2 aliphatic heterocycles.